The van der Waals surface area contributed by atoms with E-state index in [1.54, 1.807) is 27.8 Å². The van der Waals surface area contributed by atoms with Gasteiger partial charge >= 0.3 is 0 Å². The van der Waals surface area contributed by atoms with Gasteiger partial charge in [0.15, 0.2) is 0 Å². The van der Waals surface area contributed by atoms with E-state index >= 15 is 0 Å². The van der Waals surface area contributed by atoms with Gasteiger partial charge in [0.05, 0.1) is 0 Å². The van der Waals surface area contributed by atoms with Gasteiger partial charge < -0.3 is 15.1 Å². The molecule has 2 aliphatic heterocycles. The number of rotatable bonds is 7. The first kappa shape index (κ1) is 26.8. The molecule has 2 fully saturated rings. The first-order valence-corrected chi connectivity index (χ1v) is 13.7. The van der Waals surface area contributed by atoms with E-state index in [9.17, 15) is 9.59 Å². The number of pyridine rings is 1. The number of nitrogens with one attached hydrogen (secondary N) is 1. The van der Waals surface area contributed by atoms with Crippen LogP contribution in [-0.4, -0.2) is 100 Å². The molecule has 10 heteroatoms. The van der Waals surface area contributed by atoms with E-state index in [2.05, 4.69) is 64.6 Å². The monoisotopic (exact) mass is 530 g/mol. The number of aromatic nitrogens is 3. The second-order valence-corrected chi connectivity index (χ2v) is 10.6. The van der Waals surface area contributed by atoms with Crippen molar-refractivity contribution in [2.75, 3.05) is 63.1 Å². The number of nitrogens with zero attached hydrogens (tertiary/aromatic N) is 7. The Hall–Kier alpha value is -3.76. The average molecular weight is 531 g/mol. The molecule has 2 unspecified atom stereocenters. The zero-order valence-corrected chi connectivity index (χ0v) is 23.1. The van der Waals surface area contributed by atoms with Gasteiger partial charge in [-0.05, 0) is 57.3 Å². The lowest BCUT2D eigenvalue weighted by Gasteiger charge is -2.43. The van der Waals surface area contributed by atoms with Crippen molar-refractivity contribution < 1.29 is 4.79 Å². The molecule has 206 valence electrons. The average Bonchev–Trinajstić information content (AvgIpc) is 2.95. The Morgan fingerprint density at radius 2 is 1.72 bits per heavy atom. The zero-order valence-electron chi connectivity index (χ0n) is 23.1. The molecule has 10 nitrogen and oxygen atoms in total. The maximum atomic E-state index is 12.8. The summed E-state index contributed by atoms with van der Waals surface area (Å²) < 4.78 is 1.71. The van der Waals surface area contributed by atoms with Gasteiger partial charge in [-0.1, -0.05) is 6.58 Å². The first-order valence-electron chi connectivity index (χ1n) is 13.7. The lowest BCUT2D eigenvalue weighted by atomic mass is 10.1. The van der Waals surface area contributed by atoms with Crippen molar-refractivity contribution in [3.8, 4) is 0 Å². The fourth-order valence-electron chi connectivity index (χ4n) is 5.41. The van der Waals surface area contributed by atoms with E-state index in [0.717, 1.165) is 37.3 Å². The predicted octanol–water partition coefficient (Wildman–Crippen LogP) is 2.39. The standard InChI is InChI=1S/C29H38N8O2/c1-5-26(38)35-15-12-34(13-16-35)14-17-37-27(39)11-6-23-18-30-29(32-28(23)37)31-24-7-9-25(10-8-24)36-19-21(2)33(4)22(3)20-36/h5-11,18,21-22H,1,12-17,19-20H2,2-4H3,(H,30,31,32). The molecule has 3 aromatic rings. The number of fused-ring (bicyclic) bond motifs is 1. The highest BCUT2D eigenvalue weighted by Crippen LogP contribution is 2.24. The third-order valence-electron chi connectivity index (χ3n) is 8.07. The quantitative estimate of drug-likeness (QED) is 0.466. The summed E-state index contributed by atoms with van der Waals surface area (Å²) in [6.07, 6.45) is 3.11. The highest BCUT2D eigenvalue weighted by Gasteiger charge is 2.26. The molecule has 2 atom stereocenters. The molecule has 0 spiro atoms. The first-order chi connectivity index (χ1) is 18.8. The normalized spacial score (nSPS) is 20.8. The van der Waals surface area contributed by atoms with Crippen LogP contribution in [0, 0.1) is 0 Å². The van der Waals surface area contributed by atoms with Crippen LogP contribution in [0.25, 0.3) is 11.0 Å². The van der Waals surface area contributed by atoms with Crippen LogP contribution in [0.1, 0.15) is 13.8 Å². The van der Waals surface area contributed by atoms with E-state index in [1.165, 1.54) is 11.8 Å². The summed E-state index contributed by atoms with van der Waals surface area (Å²) in [6.45, 7) is 14.2. The number of piperazine rings is 2. The number of anilines is 3. The molecule has 1 amide bonds. The van der Waals surface area contributed by atoms with E-state index < -0.39 is 0 Å². The van der Waals surface area contributed by atoms with Gasteiger partial charge in [0.2, 0.25) is 11.9 Å². The second kappa shape index (κ2) is 11.5. The Labute approximate surface area is 229 Å². The number of hydrogen-bond donors (Lipinski definition) is 1. The van der Waals surface area contributed by atoms with Gasteiger partial charge in [0.1, 0.15) is 5.65 Å². The third kappa shape index (κ3) is 5.97. The molecular formula is C29H38N8O2. The maximum absolute atomic E-state index is 12.8. The summed E-state index contributed by atoms with van der Waals surface area (Å²) >= 11 is 0. The van der Waals surface area contributed by atoms with Crippen LogP contribution >= 0.6 is 0 Å². The minimum atomic E-state index is -0.0902. The molecular weight excluding hydrogens is 492 g/mol. The summed E-state index contributed by atoms with van der Waals surface area (Å²) in [7, 11) is 2.19. The van der Waals surface area contributed by atoms with Crippen LogP contribution in [0.4, 0.5) is 17.3 Å². The van der Waals surface area contributed by atoms with Gasteiger partial charge in [-0.2, -0.15) is 4.98 Å². The molecule has 1 N–H and O–H groups in total. The molecule has 2 saturated heterocycles. The van der Waals surface area contributed by atoms with Crippen LogP contribution in [0.2, 0.25) is 0 Å². The van der Waals surface area contributed by atoms with Crippen LogP contribution in [0.15, 0.2) is 60.0 Å². The molecule has 2 aromatic heterocycles. The summed E-state index contributed by atoms with van der Waals surface area (Å²) in [5, 5.41) is 4.12. The van der Waals surface area contributed by atoms with Crippen LogP contribution in [-0.2, 0) is 11.3 Å². The Morgan fingerprint density at radius 1 is 1.03 bits per heavy atom. The maximum Gasteiger partial charge on any atom is 0.252 e. The van der Waals surface area contributed by atoms with Crippen LogP contribution < -0.4 is 15.8 Å². The smallest absolute Gasteiger partial charge is 0.252 e. The van der Waals surface area contributed by atoms with Crippen molar-refractivity contribution >= 4 is 34.3 Å². The van der Waals surface area contributed by atoms with Crippen LogP contribution in [0.3, 0.4) is 0 Å². The molecule has 4 heterocycles. The van der Waals surface area contributed by atoms with E-state index in [1.807, 2.05) is 12.1 Å². The van der Waals surface area contributed by atoms with Gasteiger partial charge in [-0.25, -0.2) is 4.98 Å². The Balaban J connectivity index is 1.27. The number of carbonyl (C=O) groups excluding carboxylic acids is 1. The molecule has 0 radical (unpaired) electrons. The van der Waals surface area contributed by atoms with Gasteiger partial charge in [-0.15, -0.1) is 0 Å². The lowest BCUT2D eigenvalue weighted by Crippen LogP contribution is -2.55. The second-order valence-electron chi connectivity index (χ2n) is 10.6. The largest absolute Gasteiger partial charge is 0.368 e. The minimum absolute atomic E-state index is 0.0326. The Morgan fingerprint density at radius 3 is 2.38 bits per heavy atom. The topological polar surface area (TPSA) is 89.8 Å². The summed E-state index contributed by atoms with van der Waals surface area (Å²) in [6, 6.07) is 12.7. The van der Waals surface area contributed by atoms with Crippen molar-refractivity contribution in [3.63, 3.8) is 0 Å². The highest BCUT2D eigenvalue weighted by atomic mass is 16.2. The lowest BCUT2D eigenvalue weighted by molar-refractivity contribution is -0.127. The van der Waals surface area contributed by atoms with Gasteiger partial charge in [0.25, 0.3) is 5.56 Å². The predicted molar refractivity (Wildman–Crippen MR) is 156 cm³/mol. The van der Waals surface area contributed by atoms with Crippen molar-refractivity contribution in [3.05, 3.63) is 65.6 Å². The molecule has 0 saturated carbocycles. The number of hydrogen-bond acceptors (Lipinski definition) is 8. The summed E-state index contributed by atoms with van der Waals surface area (Å²) in [5.41, 5.74) is 2.62. The van der Waals surface area contributed by atoms with Crippen molar-refractivity contribution in [2.24, 2.45) is 0 Å². The molecule has 39 heavy (non-hydrogen) atoms. The van der Waals surface area contributed by atoms with Crippen molar-refractivity contribution in [1.29, 1.82) is 0 Å². The zero-order chi connectivity index (χ0) is 27.5. The number of likely N-dealkylation sites (N-methyl/N-ethyl adjacent to an activating group) is 1. The highest BCUT2D eigenvalue weighted by molar-refractivity contribution is 5.87. The fraction of sp³-hybridized carbons (Fsp3) is 0.448. The summed E-state index contributed by atoms with van der Waals surface area (Å²) in [4.78, 5) is 42.8. The van der Waals surface area contributed by atoms with E-state index in [4.69, 9.17) is 4.98 Å². The molecule has 5 rings (SSSR count). The molecule has 2 aliphatic rings. The van der Waals surface area contributed by atoms with E-state index in [-0.39, 0.29) is 11.5 Å². The number of amides is 1. The SMILES string of the molecule is C=CC(=O)N1CCN(CCn2c(=O)ccc3cnc(Nc4ccc(N5CC(C)N(C)C(C)C5)cc4)nc32)CC1. The van der Waals surface area contributed by atoms with Crippen molar-refractivity contribution in [2.45, 2.75) is 32.5 Å². The molecule has 1 aromatic carbocycles. The van der Waals surface area contributed by atoms with Crippen LogP contribution in [0.5, 0.6) is 0 Å². The fourth-order valence-corrected chi connectivity index (χ4v) is 5.41. The number of carbonyl (C=O) groups is 1. The Kier molecular flexibility index (Phi) is 7.94. The van der Waals surface area contributed by atoms with Gasteiger partial charge in [-0.3, -0.25) is 24.0 Å². The third-order valence-corrected chi connectivity index (χ3v) is 8.07. The van der Waals surface area contributed by atoms with Crippen molar-refractivity contribution in [1.82, 2.24) is 29.2 Å². The molecule has 0 bridgehead atoms. The molecule has 0 aliphatic carbocycles. The minimum Gasteiger partial charge on any atom is -0.368 e. The van der Waals surface area contributed by atoms with E-state index in [0.29, 0.717) is 49.9 Å². The summed E-state index contributed by atoms with van der Waals surface area (Å²) in [5.74, 6) is 0.419. The Bertz CT molecular complexity index is 1370. The number of benzene rings is 1. The van der Waals surface area contributed by atoms with Gasteiger partial charge in [0, 0.05) is 93.5 Å².